The van der Waals surface area contributed by atoms with Gasteiger partial charge >= 0.3 is 6.16 Å². The molecule has 13 heteroatoms. The molecule has 0 aromatic heterocycles. The summed E-state index contributed by atoms with van der Waals surface area (Å²) >= 11 is 3.37. The number of ether oxygens (including phenoxy) is 2. The average molecular weight is 578 g/mol. The maximum Gasteiger partial charge on any atom is 0.514 e. The Morgan fingerprint density at radius 1 is 0.973 bits per heavy atom. The molecule has 0 aliphatic heterocycles. The van der Waals surface area contributed by atoms with E-state index in [1.165, 1.54) is 12.1 Å². The maximum absolute atomic E-state index is 12.2. The summed E-state index contributed by atoms with van der Waals surface area (Å²) in [5.41, 5.74) is 17.4. The van der Waals surface area contributed by atoms with Gasteiger partial charge in [-0.2, -0.15) is 0 Å². The molecule has 0 radical (unpaired) electrons. The molecule has 8 N–H and O–H groups in total. The van der Waals surface area contributed by atoms with E-state index in [2.05, 4.69) is 26.6 Å². The summed E-state index contributed by atoms with van der Waals surface area (Å²) in [6.07, 6.45) is -0.863. The Balaban J connectivity index is 1.82. The van der Waals surface area contributed by atoms with E-state index in [0.29, 0.717) is 5.56 Å². The van der Waals surface area contributed by atoms with E-state index < -0.39 is 48.4 Å². The van der Waals surface area contributed by atoms with Crippen molar-refractivity contribution in [2.24, 2.45) is 17.2 Å². The number of rotatable bonds is 13. The molecule has 0 heterocycles. The van der Waals surface area contributed by atoms with Gasteiger partial charge in [-0.25, -0.2) is 4.79 Å². The lowest BCUT2D eigenvalue weighted by Gasteiger charge is -2.17. The van der Waals surface area contributed by atoms with Crippen LogP contribution in [0.3, 0.4) is 0 Å². The van der Waals surface area contributed by atoms with E-state index >= 15 is 0 Å². The van der Waals surface area contributed by atoms with Crippen molar-refractivity contribution in [1.82, 2.24) is 10.6 Å². The van der Waals surface area contributed by atoms with Crippen LogP contribution in [0.25, 0.3) is 0 Å². The number of halogens is 1. The average Bonchev–Trinajstić information content (AvgIpc) is 2.85. The Bertz CT molecular complexity index is 1130. The van der Waals surface area contributed by atoms with Crippen LogP contribution in [-0.2, 0) is 36.9 Å². The molecule has 198 valence electrons. The van der Waals surface area contributed by atoms with E-state index in [1.54, 1.807) is 18.2 Å². The lowest BCUT2D eigenvalue weighted by molar-refractivity contribution is -0.129. The first-order valence-electron chi connectivity index (χ1n) is 11.1. The molecule has 0 unspecified atom stereocenters. The molecule has 0 aliphatic carbocycles. The Hall–Kier alpha value is -3.97. The van der Waals surface area contributed by atoms with Gasteiger partial charge in [0.2, 0.25) is 23.6 Å². The fraction of sp³-hybridized carbons (Fsp3) is 0.292. The van der Waals surface area contributed by atoms with Gasteiger partial charge in [0.15, 0.2) is 0 Å². The molecule has 2 rings (SSSR count). The number of nitrogens with one attached hydrogen (secondary N) is 2. The van der Waals surface area contributed by atoms with E-state index in [0.717, 1.165) is 10.0 Å². The Morgan fingerprint density at radius 2 is 1.65 bits per heavy atom. The van der Waals surface area contributed by atoms with Crippen molar-refractivity contribution >= 4 is 45.7 Å². The first-order valence-corrected chi connectivity index (χ1v) is 11.9. The summed E-state index contributed by atoms with van der Waals surface area (Å²) in [6.45, 7) is -0.417. The fourth-order valence-corrected chi connectivity index (χ4v) is 3.40. The summed E-state index contributed by atoms with van der Waals surface area (Å²) in [5.74, 6) is -2.46. The molecule has 2 aromatic carbocycles. The van der Waals surface area contributed by atoms with Gasteiger partial charge in [-0.3, -0.25) is 19.2 Å². The number of benzene rings is 2. The number of nitrogens with two attached hydrogens (primary N) is 3. The molecule has 37 heavy (non-hydrogen) atoms. The van der Waals surface area contributed by atoms with E-state index in [1.807, 2.05) is 18.2 Å². The molecule has 12 nitrogen and oxygen atoms in total. The molecule has 0 saturated carbocycles. The topological polar surface area (TPSA) is 206 Å². The molecule has 0 aliphatic rings. The standard InChI is InChI=1S/C24H28BrN5O7/c25-17-4-2-1-3-15(17)13-36-24(35)37-16-7-5-14(6-8-16)11-19(22(28)33)30-21(32)12-29-23(34)18(26)9-10-20(27)31/h1-8,18-19H,9-13,26H2,(H2,27,31)(H2,28,33)(H,29,34)(H,30,32)/t18-,19-/m0/s1. The highest BCUT2D eigenvalue weighted by molar-refractivity contribution is 9.10. The zero-order valence-corrected chi connectivity index (χ0v) is 21.4. The Morgan fingerprint density at radius 3 is 2.27 bits per heavy atom. The third-order valence-electron chi connectivity index (χ3n) is 5.01. The summed E-state index contributed by atoms with van der Waals surface area (Å²) in [5, 5.41) is 4.76. The normalized spacial score (nSPS) is 12.1. The first kappa shape index (κ1) is 29.3. The van der Waals surface area contributed by atoms with Gasteiger partial charge in [0, 0.05) is 22.9 Å². The van der Waals surface area contributed by atoms with E-state index in [-0.39, 0.29) is 31.6 Å². The van der Waals surface area contributed by atoms with Crippen LogP contribution in [0.4, 0.5) is 4.79 Å². The largest absolute Gasteiger partial charge is 0.514 e. The van der Waals surface area contributed by atoms with Crippen molar-refractivity contribution in [3.05, 3.63) is 64.1 Å². The highest BCUT2D eigenvalue weighted by Gasteiger charge is 2.20. The minimum absolute atomic E-state index is 0.0259. The number of carbonyl (C=O) groups is 5. The molecule has 0 fully saturated rings. The molecule has 4 amide bonds. The highest BCUT2D eigenvalue weighted by Crippen LogP contribution is 2.18. The van der Waals surface area contributed by atoms with Crippen molar-refractivity contribution in [2.75, 3.05) is 6.54 Å². The van der Waals surface area contributed by atoms with E-state index in [4.69, 9.17) is 26.7 Å². The maximum atomic E-state index is 12.2. The molecule has 2 atom stereocenters. The van der Waals surface area contributed by atoms with Crippen molar-refractivity contribution in [3.8, 4) is 5.75 Å². The van der Waals surface area contributed by atoms with Gasteiger partial charge in [-0.15, -0.1) is 0 Å². The summed E-state index contributed by atoms with van der Waals surface area (Å²) in [7, 11) is 0. The zero-order chi connectivity index (χ0) is 27.4. The smallest absolute Gasteiger partial charge is 0.429 e. The van der Waals surface area contributed by atoms with Crippen LogP contribution >= 0.6 is 15.9 Å². The quantitative estimate of drug-likeness (QED) is 0.166. The predicted octanol–water partition coefficient (Wildman–Crippen LogP) is 0.386. The second kappa shape index (κ2) is 14.6. The third-order valence-corrected chi connectivity index (χ3v) is 5.78. The molecule has 0 bridgehead atoms. The van der Waals surface area contributed by atoms with Gasteiger partial charge in [0.25, 0.3) is 0 Å². The van der Waals surface area contributed by atoms with Gasteiger partial charge in [-0.05, 0) is 30.2 Å². The van der Waals surface area contributed by atoms with Crippen molar-refractivity contribution < 1.29 is 33.4 Å². The Labute approximate surface area is 221 Å². The molecule has 0 spiro atoms. The Kier molecular flexibility index (Phi) is 11.5. The van der Waals surface area contributed by atoms with Crippen LogP contribution in [0.1, 0.15) is 24.0 Å². The fourth-order valence-electron chi connectivity index (χ4n) is 3.00. The van der Waals surface area contributed by atoms with Gasteiger partial charge in [0.1, 0.15) is 18.4 Å². The minimum Gasteiger partial charge on any atom is -0.429 e. The summed E-state index contributed by atoms with van der Waals surface area (Å²) < 4.78 is 11.0. The van der Waals surface area contributed by atoms with Crippen LogP contribution in [0, 0.1) is 0 Å². The lowest BCUT2D eigenvalue weighted by atomic mass is 10.1. The molecule has 0 saturated heterocycles. The summed E-state index contributed by atoms with van der Waals surface area (Å²) in [4.78, 5) is 58.6. The second-order valence-corrected chi connectivity index (χ2v) is 8.79. The van der Waals surface area contributed by atoms with Crippen LogP contribution in [-0.4, -0.2) is 48.4 Å². The molecular weight excluding hydrogens is 550 g/mol. The van der Waals surface area contributed by atoms with Gasteiger partial charge < -0.3 is 37.3 Å². The highest BCUT2D eigenvalue weighted by atomic mass is 79.9. The predicted molar refractivity (Wildman–Crippen MR) is 136 cm³/mol. The van der Waals surface area contributed by atoms with Crippen molar-refractivity contribution in [3.63, 3.8) is 0 Å². The van der Waals surface area contributed by atoms with E-state index in [9.17, 15) is 24.0 Å². The molecule has 2 aromatic rings. The molecular formula is C24H28BrN5O7. The lowest BCUT2D eigenvalue weighted by Crippen LogP contribution is -2.50. The monoisotopic (exact) mass is 577 g/mol. The van der Waals surface area contributed by atoms with Crippen LogP contribution in [0.5, 0.6) is 5.75 Å². The van der Waals surface area contributed by atoms with Crippen molar-refractivity contribution in [1.29, 1.82) is 0 Å². The van der Waals surface area contributed by atoms with Crippen LogP contribution < -0.4 is 32.6 Å². The summed E-state index contributed by atoms with van der Waals surface area (Å²) in [6, 6.07) is 11.4. The van der Waals surface area contributed by atoms with Crippen LogP contribution in [0.15, 0.2) is 53.0 Å². The van der Waals surface area contributed by atoms with Gasteiger partial charge in [0.05, 0.1) is 12.6 Å². The van der Waals surface area contributed by atoms with Crippen LogP contribution in [0.2, 0.25) is 0 Å². The number of primary amides is 2. The SMILES string of the molecule is NC(=O)CC[C@H](N)C(=O)NCC(=O)N[C@@H](Cc1ccc(OC(=O)OCc2ccccc2Br)cc1)C(N)=O. The zero-order valence-electron chi connectivity index (χ0n) is 19.8. The third kappa shape index (κ3) is 10.7. The number of hydrogen-bond donors (Lipinski definition) is 5. The first-order chi connectivity index (χ1) is 17.5. The number of amides is 4. The number of carbonyl (C=O) groups excluding carboxylic acids is 5. The second-order valence-electron chi connectivity index (χ2n) is 7.93. The van der Waals surface area contributed by atoms with Gasteiger partial charge in [-0.1, -0.05) is 46.3 Å². The van der Waals surface area contributed by atoms with Crippen molar-refractivity contribution in [2.45, 2.75) is 38.0 Å². The minimum atomic E-state index is -1.06. The number of hydrogen-bond acceptors (Lipinski definition) is 8.